The van der Waals surface area contributed by atoms with Gasteiger partial charge in [-0.3, -0.25) is 9.78 Å². The minimum atomic E-state index is 0.216. The standard InChI is InChI=1S/C14H21N3O/c18-14(17-9-5-1-2-6-10-17)12-15-11-13-7-3-4-8-16-13/h3-4,7-8,15H,1-2,5-6,9-12H2. The minimum absolute atomic E-state index is 0.216. The van der Waals surface area contributed by atoms with E-state index in [1.807, 2.05) is 23.1 Å². The molecule has 2 rings (SSSR count). The van der Waals surface area contributed by atoms with Crippen LogP contribution in [-0.4, -0.2) is 35.4 Å². The van der Waals surface area contributed by atoms with Crippen molar-refractivity contribution in [1.29, 1.82) is 0 Å². The molecular formula is C14H21N3O. The predicted octanol–water partition coefficient (Wildman–Crippen LogP) is 1.57. The van der Waals surface area contributed by atoms with E-state index >= 15 is 0 Å². The Hall–Kier alpha value is -1.42. The molecule has 4 heteroatoms. The lowest BCUT2D eigenvalue weighted by atomic mass is 10.2. The number of hydrogen-bond acceptors (Lipinski definition) is 3. The lowest BCUT2D eigenvalue weighted by molar-refractivity contribution is -0.130. The zero-order valence-electron chi connectivity index (χ0n) is 10.8. The molecule has 1 aromatic rings. The number of nitrogens with zero attached hydrogens (tertiary/aromatic N) is 2. The molecule has 1 saturated heterocycles. The Morgan fingerprint density at radius 2 is 2.00 bits per heavy atom. The second-order valence-electron chi connectivity index (χ2n) is 4.72. The summed E-state index contributed by atoms with van der Waals surface area (Å²) in [4.78, 5) is 18.2. The number of pyridine rings is 1. The van der Waals surface area contributed by atoms with E-state index in [0.717, 1.165) is 31.6 Å². The van der Waals surface area contributed by atoms with Crippen LogP contribution >= 0.6 is 0 Å². The smallest absolute Gasteiger partial charge is 0.236 e. The molecule has 0 spiro atoms. The van der Waals surface area contributed by atoms with Crippen molar-refractivity contribution in [2.24, 2.45) is 0 Å². The number of carbonyl (C=O) groups excluding carboxylic acids is 1. The van der Waals surface area contributed by atoms with Gasteiger partial charge in [-0.1, -0.05) is 18.9 Å². The molecule has 0 unspecified atom stereocenters. The van der Waals surface area contributed by atoms with Crippen molar-refractivity contribution < 1.29 is 4.79 Å². The van der Waals surface area contributed by atoms with E-state index in [-0.39, 0.29) is 5.91 Å². The van der Waals surface area contributed by atoms with E-state index < -0.39 is 0 Å². The van der Waals surface area contributed by atoms with Gasteiger partial charge >= 0.3 is 0 Å². The Morgan fingerprint density at radius 3 is 2.67 bits per heavy atom. The quantitative estimate of drug-likeness (QED) is 0.878. The summed E-state index contributed by atoms with van der Waals surface area (Å²) in [6.07, 6.45) is 6.57. The monoisotopic (exact) mass is 247 g/mol. The highest BCUT2D eigenvalue weighted by molar-refractivity contribution is 5.78. The van der Waals surface area contributed by atoms with Gasteiger partial charge in [-0.25, -0.2) is 0 Å². The molecule has 0 radical (unpaired) electrons. The third-order valence-electron chi connectivity index (χ3n) is 3.27. The number of amides is 1. The van der Waals surface area contributed by atoms with E-state index in [4.69, 9.17) is 0 Å². The maximum Gasteiger partial charge on any atom is 0.236 e. The Morgan fingerprint density at radius 1 is 1.22 bits per heavy atom. The molecule has 2 heterocycles. The third kappa shape index (κ3) is 4.11. The molecular weight excluding hydrogens is 226 g/mol. The topological polar surface area (TPSA) is 45.2 Å². The second-order valence-corrected chi connectivity index (χ2v) is 4.72. The van der Waals surface area contributed by atoms with Gasteiger partial charge in [0, 0.05) is 25.8 Å². The highest BCUT2D eigenvalue weighted by Gasteiger charge is 2.14. The van der Waals surface area contributed by atoms with E-state index in [1.165, 1.54) is 12.8 Å². The molecule has 0 aromatic carbocycles. The molecule has 1 amide bonds. The first-order chi connectivity index (χ1) is 8.86. The second kappa shape index (κ2) is 7.11. The van der Waals surface area contributed by atoms with Gasteiger partial charge in [-0.2, -0.15) is 0 Å². The Balaban J connectivity index is 1.71. The van der Waals surface area contributed by atoms with E-state index in [2.05, 4.69) is 10.3 Å². The average Bonchev–Trinajstić information content (AvgIpc) is 2.69. The van der Waals surface area contributed by atoms with E-state index in [0.29, 0.717) is 13.1 Å². The van der Waals surface area contributed by atoms with Crippen LogP contribution in [0.15, 0.2) is 24.4 Å². The van der Waals surface area contributed by atoms with Gasteiger partial charge in [-0.05, 0) is 25.0 Å². The van der Waals surface area contributed by atoms with Crippen molar-refractivity contribution in [1.82, 2.24) is 15.2 Å². The molecule has 1 aromatic heterocycles. The maximum atomic E-state index is 12.0. The van der Waals surface area contributed by atoms with E-state index in [1.54, 1.807) is 6.20 Å². The summed E-state index contributed by atoms with van der Waals surface area (Å²) in [5.74, 6) is 0.216. The van der Waals surface area contributed by atoms with Gasteiger partial charge in [-0.15, -0.1) is 0 Å². The highest BCUT2D eigenvalue weighted by Crippen LogP contribution is 2.09. The maximum absolute atomic E-state index is 12.0. The SMILES string of the molecule is O=C(CNCc1ccccn1)N1CCCCCC1. The lowest BCUT2D eigenvalue weighted by Gasteiger charge is -2.20. The highest BCUT2D eigenvalue weighted by atomic mass is 16.2. The van der Waals surface area contributed by atoms with Crippen molar-refractivity contribution in [3.05, 3.63) is 30.1 Å². The van der Waals surface area contributed by atoms with Crippen LogP contribution in [0.5, 0.6) is 0 Å². The summed E-state index contributed by atoms with van der Waals surface area (Å²) >= 11 is 0. The number of nitrogens with one attached hydrogen (secondary N) is 1. The minimum Gasteiger partial charge on any atom is -0.342 e. The van der Waals surface area contributed by atoms with Crippen LogP contribution in [-0.2, 0) is 11.3 Å². The van der Waals surface area contributed by atoms with Crippen LogP contribution in [0.3, 0.4) is 0 Å². The van der Waals surface area contributed by atoms with Crippen LogP contribution < -0.4 is 5.32 Å². The fourth-order valence-corrected chi connectivity index (χ4v) is 2.23. The first kappa shape index (κ1) is 13.0. The molecule has 1 fully saturated rings. The Bertz CT molecular complexity index is 359. The zero-order chi connectivity index (χ0) is 12.6. The summed E-state index contributed by atoms with van der Waals surface area (Å²) in [5.41, 5.74) is 0.973. The van der Waals surface area contributed by atoms with Gasteiger partial charge < -0.3 is 10.2 Å². The Labute approximate surface area is 108 Å². The van der Waals surface area contributed by atoms with Gasteiger partial charge in [0.05, 0.1) is 12.2 Å². The normalized spacial score (nSPS) is 16.3. The van der Waals surface area contributed by atoms with Crippen molar-refractivity contribution in [2.45, 2.75) is 32.2 Å². The van der Waals surface area contributed by atoms with Crippen LogP contribution in [0.4, 0.5) is 0 Å². The average molecular weight is 247 g/mol. The van der Waals surface area contributed by atoms with Gasteiger partial charge in [0.1, 0.15) is 0 Å². The van der Waals surface area contributed by atoms with Crippen LogP contribution in [0, 0.1) is 0 Å². The summed E-state index contributed by atoms with van der Waals surface area (Å²) in [6, 6.07) is 5.82. The lowest BCUT2D eigenvalue weighted by Crippen LogP contribution is -2.38. The molecule has 0 bridgehead atoms. The first-order valence-electron chi connectivity index (χ1n) is 6.74. The van der Waals surface area contributed by atoms with Crippen molar-refractivity contribution >= 4 is 5.91 Å². The van der Waals surface area contributed by atoms with E-state index in [9.17, 15) is 4.79 Å². The van der Waals surface area contributed by atoms with Gasteiger partial charge in [0.25, 0.3) is 0 Å². The number of hydrogen-bond donors (Lipinski definition) is 1. The Kier molecular flexibility index (Phi) is 5.15. The van der Waals surface area contributed by atoms with Gasteiger partial charge in [0.2, 0.25) is 5.91 Å². The predicted molar refractivity (Wildman–Crippen MR) is 71.0 cm³/mol. The third-order valence-corrected chi connectivity index (χ3v) is 3.27. The molecule has 1 N–H and O–H groups in total. The summed E-state index contributed by atoms with van der Waals surface area (Å²) in [7, 11) is 0. The number of carbonyl (C=O) groups is 1. The number of rotatable bonds is 4. The molecule has 0 aliphatic carbocycles. The zero-order valence-corrected chi connectivity index (χ0v) is 10.8. The van der Waals surface area contributed by atoms with Crippen molar-refractivity contribution in [2.75, 3.05) is 19.6 Å². The summed E-state index contributed by atoms with van der Waals surface area (Å²) < 4.78 is 0. The molecule has 1 aliphatic rings. The first-order valence-corrected chi connectivity index (χ1v) is 6.74. The number of aromatic nitrogens is 1. The summed E-state index contributed by atoms with van der Waals surface area (Å²) in [6.45, 7) is 2.91. The molecule has 4 nitrogen and oxygen atoms in total. The largest absolute Gasteiger partial charge is 0.342 e. The molecule has 0 saturated carbocycles. The van der Waals surface area contributed by atoms with Crippen LogP contribution in [0.25, 0.3) is 0 Å². The number of likely N-dealkylation sites (tertiary alicyclic amines) is 1. The van der Waals surface area contributed by atoms with Gasteiger partial charge in [0.15, 0.2) is 0 Å². The molecule has 1 aliphatic heterocycles. The van der Waals surface area contributed by atoms with Crippen LogP contribution in [0.2, 0.25) is 0 Å². The van der Waals surface area contributed by atoms with Crippen LogP contribution in [0.1, 0.15) is 31.4 Å². The molecule has 98 valence electrons. The fourth-order valence-electron chi connectivity index (χ4n) is 2.23. The van der Waals surface area contributed by atoms with Crippen molar-refractivity contribution in [3.63, 3.8) is 0 Å². The molecule has 0 atom stereocenters. The fraction of sp³-hybridized carbons (Fsp3) is 0.571. The van der Waals surface area contributed by atoms with Crippen molar-refractivity contribution in [3.8, 4) is 0 Å². The molecule has 18 heavy (non-hydrogen) atoms. The summed E-state index contributed by atoms with van der Waals surface area (Å²) in [5, 5.41) is 3.17.